The van der Waals surface area contributed by atoms with Crippen molar-refractivity contribution in [1.82, 2.24) is 10.2 Å². The van der Waals surface area contributed by atoms with Crippen molar-refractivity contribution in [2.24, 2.45) is 5.41 Å². The molecular formula is C20H34N4O2S. The number of hydrogen-bond donors (Lipinski definition) is 2. The first-order valence-corrected chi connectivity index (χ1v) is 11.4. The van der Waals surface area contributed by atoms with E-state index in [4.69, 9.17) is 0 Å². The third-order valence-corrected chi connectivity index (χ3v) is 7.54. The van der Waals surface area contributed by atoms with Gasteiger partial charge in [0.15, 0.2) is 9.84 Å². The van der Waals surface area contributed by atoms with Gasteiger partial charge >= 0.3 is 0 Å². The van der Waals surface area contributed by atoms with Crippen LogP contribution in [0.2, 0.25) is 0 Å². The second-order valence-corrected chi connectivity index (χ2v) is 11.5. The molecule has 1 unspecified atom stereocenters. The quantitative estimate of drug-likeness (QED) is 0.772. The Kier molecular flexibility index (Phi) is 5.75. The van der Waals surface area contributed by atoms with Crippen LogP contribution in [0.25, 0.3) is 0 Å². The molecule has 0 bridgehead atoms. The van der Waals surface area contributed by atoms with Gasteiger partial charge in [-0.1, -0.05) is 20.8 Å². The Morgan fingerprint density at radius 2 is 2.00 bits per heavy atom. The maximum atomic E-state index is 13.0. The van der Waals surface area contributed by atoms with Gasteiger partial charge in [0.05, 0.1) is 27.7 Å². The maximum absolute atomic E-state index is 13.0. The van der Waals surface area contributed by atoms with Gasteiger partial charge in [0.25, 0.3) is 0 Å². The minimum atomic E-state index is -3.29. The molecule has 1 fully saturated rings. The molecule has 6 nitrogen and oxygen atoms in total. The number of hydrogen-bond acceptors (Lipinski definition) is 6. The molecule has 1 aromatic rings. The molecule has 2 heterocycles. The molecule has 0 saturated carbocycles. The number of sulfone groups is 1. The lowest BCUT2D eigenvalue weighted by atomic mass is 9.90. The molecule has 7 heteroatoms. The fourth-order valence-corrected chi connectivity index (χ4v) is 5.58. The Morgan fingerprint density at radius 3 is 2.59 bits per heavy atom. The molecule has 2 N–H and O–H groups in total. The van der Waals surface area contributed by atoms with Crippen molar-refractivity contribution in [1.29, 1.82) is 0 Å². The molecule has 1 aromatic carbocycles. The van der Waals surface area contributed by atoms with E-state index < -0.39 is 9.84 Å². The van der Waals surface area contributed by atoms with Gasteiger partial charge in [0.1, 0.15) is 0 Å². The van der Waals surface area contributed by atoms with E-state index in [1.807, 2.05) is 12.1 Å². The molecule has 0 aliphatic carbocycles. The Bertz CT molecular complexity index is 765. The van der Waals surface area contributed by atoms with Crippen LogP contribution >= 0.6 is 0 Å². The van der Waals surface area contributed by atoms with E-state index in [0.717, 1.165) is 37.4 Å². The molecule has 2 aliphatic rings. The Morgan fingerprint density at radius 1 is 1.26 bits per heavy atom. The Balaban J connectivity index is 1.88. The van der Waals surface area contributed by atoms with Gasteiger partial charge in [0, 0.05) is 19.6 Å². The molecule has 152 valence electrons. The third-order valence-electron chi connectivity index (χ3n) is 5.35. The average Bonchev–Trinajstić information content (AvgIpc) is 3.19. The normalized spacial score (nSPS) is 23.0. The minimum Gasteiger partial charge on any atom is -0.363 e. The molecular weight excluding hydrogens is 360 g/mol. The maximum Gasteiger partial charge on any atom is 0.182 e. The molecule has 0 radical (unpaired) electrons. The number of nitrogens with one attached hydrogen (secondary N) is 2. The Labute approximate surface area is 164 Å². The van der Waals surface area contributed by atoms with E-state index in [-0.39, 0.29) is 16.8 Å². The molecule has 1 saturated heterocycles. The number of rotatable bonds is 6. The van der Waals surface area contributed by atoms with Crippen molar-refractivity contribution in [3.05, 3.63) is 18.2 Å². The van der Waals surface area contributed by atoms with Crippen LogP contribution in [-0.2, 0) is 9.84 Å². The zero-order valence-electron chi connectivity index (χ0n) is 17.2. The lowest BCUT2D eigenvalue weighted by Crippen LogP contribution is -2.42. The highest BCUT2D eigenvalue weighted by Gasteiger charge is 2.35. The summed E-state index contributed by atoms with van der Waals surface area (Å²) in [7, 11) is 0.870. The van der Waals surface area contributed by atoms with Crippen molar-refractivity contribution >= 4 is 21.2 Å². The molecule has 2 atom stereocenters. The minimum absolute atomic E-state index is 0.181. The lowest BCUT2D eigenvalue weighted by Gasteiger charge is -2.32. The molecule has 27 heavy (non-hydrogen) atoms. The van der Waals surface area contributed by atoms with E-state index in [1.165, 1.54) is 0 Å². The van der Waals surface area contributed by atoms with Crippen molar-refractivity contribution in [2.45, 2.75) is 49.9 Å². The molecule has 0 spiro atoms. The first-order valence-electron chi connectivity index (χ1n) is 9.84. The summed E-state index contributed by atoms with van der Waals surface area (Å²) in [5.74, 6) is 0. The average molecular weight is 395 g/mol. The summed E-state index contributed by atoms with van der Waals surface area (Å²) in [4.78, 5) is 5.00. The highest BCUT2D eigenvalue weighted by atomic mass is 32.2. The van der Waals surface area contributed by atoms with E-state index in [1.54, 1.807) is 6.07 Å². The first-order chi connectivity index (χ1) is 12.6. The van der Waals surface area contributed by atoms with Crippen molar-refractivity contribution in [3.63, 3.8) is 0 Å². The van der Waals surface area contributed by atoms with Gasteiger partial charge in [-0.3, -0.25) is 0 Å². The van der Waals surface area contributed by atoms with E-state index >= 15 is 0 Å². The van der Waals surface area contributed by atoms with Crippen LogP contribution in [0.4, 0.5) is 11.4 Å². The van der Waals surface area contributed by atoms with Crippen molar-refractivity contribution < 1.29 is 8.42 Å². The summed E-state index contributed by atoms with van der Waals surface area (Å²) in [6.45, 7) is 9.91. The van der Waals surface area contributed by atoms with E-state index in [2.05, 4.69) is 55.3 Å². The van der Waals surface area contributed by atoms with Crippen molar-refractivity contribution in [3.8, 4) is 0 Å². The lowest BCUT2D eigenvalue weighted by molar-refractivity contribution is 0.338. The largest absolute Gasteiger partial charge is 0.363 e. The van der Waals surface area contributed by atoms with Crippen LogP contribution in [-0.4, -0.2) is 65.0 Å². The predicted octanol–water partition coefficient (Wildman–Crippen LogP) is 2.38. The summed E-state index contributed by atoms with van der Waals surface area (Å²) in [5.41, 5.74) is 2.23. The van der Waals surface area contributed by atoms with Gasteiger partial charge < -0.3 is 20.4 Å². The monoisotopic (exact) mass is 394 g/mol. The van der Waals surface area contributed by atoms with Crippen molar-refractivity contribution in [2.75, 3.05) is 50.5 Å². The standard InChI is InChI=1S/C20H34N4O2S/c1-20(2,3)13-19-22-17-12-15(27(25,26)16-8-9-21-14-16)6-7-18(17)24(19)11-10-23(4)5/h6-7,12,16,19,21-22H,8-11,13-14H2,1-5H3/t16-,19?/m1/s1. The van der Waals surface area contributed by atoms with Crippen LogP contribution < -0.4 is 15.5 Å². The van der Waals surface area contributed by atoms with Crippen LogP contribution in [0.15, 0.2) is 23.1 Å². The summed E-state index contributed by atoms with van der Waals surface area (Å²) in [5, 5.41) is 6.44. The molecule has 3 rings (SSSR count). The van der Waals surface area contributed by atoms with Gasteiger partial charge in [0.2, 0.25) is 0 Å². The zero-order valence-corrected chi connectivity index (χ0v) is 18.1. The second-order valence-electron chi connectivity index (χ2n) is 9.26. The van der Waals surface area contributed by atoms with Crippen LogP contribution in [0.3, 0.4) is 0 Å². The van der Waals surface area contributed by atoms with Crippen LogP contribution in [0.1, 0.15) is 33.6 Å². The summed E-state index contributed by atoms with van der Waals surface area (Å²) in [6, 6.07) is 5.61. The van der Waals surface area contributed by atoms with Crippen LogP contribution in [0.5, 0.6) is 0 Å². The molecule has 0 amide bonds. The predicted molar refractivity (Wildman–Crippen MR) is 112 cm³/mol. The summed E-state index contributed by atoms with van der Waals surface area (Å²) >= 11 is 0. The van der Waals surface area contributed by atoms with E-state index in [9.17, 15) is 8.42 Å². The number of fused-ring (bicyclic) bond motifs is 1. The van der Waals surface area contributed by atoms with Crippen LogP contribution in [0, 0.1) is 5.41 Å². The highest BCUT2D eigenvalue weighted by molar-refractivity contribution is 7.92. The van der Waals surface area contributed by atoms with Gasteiger partial charge in [-0.25, -0.2) is 8.42 Å². The number of likely N-dealkylation sites (N-methyl/N-ethyl adjacent to an activating group) is 1. The van der Waals surface area contributed by atoms with Gasteiger partial charge in [-0.15, -0.1) is 0 Å². The summed E-state index contributed by atoms with van der Waals surface area (Å²) < 4.78 is 25.9. The van der Waals surface area contributed by atoms with E-state index in [0.29, 0.717) is 17.9 Å². The zero-order chi connectivity index (χ0) is 19.8. The number of benzene rings is 1. The first kappa shape index (κ1) is 20.4. The number of anilines is 2. The molecule has 0 aromatic heterocycles. The fraction of sp³-hybridized carbons (Fsp3) is 0.700. The fourth-order valence-electron chi connectivity index (χ4n) is 3.89. The second kappa shape index (κ2) is 7.60. The topological polar surface area (TPSA) is 64.7 Å². The molecule has 2 aliphatic heterocycles. The summed E-state index contributed by atoms with van der Waals surface area (Å²) in [6.07, 6.45) is 1.86. The Hall–Kier alpha value is -1.31. The highest BCUT2D eigenvalue weighted by Crippen LogP contribution is 2.40. The number of nitrogens with zero attached hydrogens (tertiary/aromatic N) is 2. The third kappa shape index (κ3) is 4.58. The SMILES string of the molecule is CN(C)CCN1c2ccc(S(=O)(=O)[C@@H]3CCNC3)cc2NC1CC(C)(C)C. The van der Waals surface area contributed by atoms with Gasteiger partial charge in [-0.2, -0.15) is 0 Å². The van der Waals surface area contributed by atoms with Gasteiger partial charge in [-0.05, 0) is 57.1 Å². The smallest absolute Gasteiger partial charge is 0.182 e.